The standard InChI is InChI=1S/C38H74N4O15/c1-34(42-37(44)33-39)38(45)41-8-10-47-12-14-49-16-18-51-20-22-53-24-26-55-28-30-57-32-31-56-29-27-54-25-23-52-21-19-50-17-15-48-13-11-46-9-6-36(43)40-7-2-3-35-4-5-35/h34-35H,2-33,39H2,1H3,(H,40,43)(H,41,45)(H,42,44). The lowest BCUT2D eigenvalue weighted by molar-refractivity contribution is -0.128. The number of hydrogen-bond acceptors (Lipinski definition) is 16. The van der Waals surface area contributed by atoms with Gasteiger partial charge >= 0.3 is 0 Å². The fourth-order valence-electron chi connectivity index (χ4n) is 4.56. The van der Waals surface area contributed by atoms with Gasteiger partial charge in [0.05, 0.1) is 165 Å². The number of rotatable bonds is 46. The van der Waals surface area contributed by atoms with E-state index in [2.05, 4.69) is 16.0 Å². The van der Waals surface area contributed by atoms with Crippen LogP contribution in [-0.2, 0) is 71.2 Å². The van der Waals surface area contributed by atoms with E-state index in [1.807, 2.05) is 0 Å². The molecule has 1 rings (SSSR count). The molecule has 0 aromatic carbocycles. The van der Waals surface area contributed by atoms with E-state index in [1.54, 1.807) is 6.92 Å². The normalized spacial score (nSPS) is 13.2. The number of ether oxygens (including phenoxy) is 12. The number of carbonyl (C=O) groups excluding carboxylic acids is 3. The highest BCUT2D eigenvalue weighted by Crippen LogP contribution is 2.33. The molecule has 5 N–H and O–H groups in total. The Morgan fingerprint density at radius 1 is 0.474 bits per heavy atom. The van der Waals surface area contributed by atoms with Crippen molar-refractivity contribution in [3.05, 3.63) is 0 Å². The predicted octanol–water partition coefficient (Wildman–Crippen LogP) is -0.538. The molecule has 1 aliphatic rings. The van der Waals surface area contributed by atoms with E-state index in [0.29, 0.717) is 172 Å². The smallest absolute Gasteiger partial charge is 0.242 e. The molecule has 1 atom stereocenters. The van der Waals surface area contributed by atoms with Gasteiger partial charge < -0.3 is 78.5 Å². The zero-order valence-corrected chi connectivity index (χ0v) is 34.5. The van der Waals surface area contributed by atoms with Gasteiger partial charge in [0.15, 0.2) is 0 Å². The summed E-state index contributed by atoms with van der Waals surface area (Å²) in [5, 5.41) is 8.09. The molecule has 1 saturated carbocycles. The van der Waals surface area contributed by atoms with Gasteiger partial charge in [-0.05, 0) is 25.7 Å². The molecule has 0 bridgehead atoms. The van der Waals surface area contributed by atoms with Gasteiger partial charge in [0.25, 0.3) is 0 Å². The van der Waals surface area contributed by atoms with Crippen molar-refractivity contribution in [2.75, 3.05) is 178 Å². The van der Waals surface area contributed by atoms with Gasteiger partial charge in [0.2, 0.25) is 17.7 Å². The van der Waals surface area contributed by atoms with Crippen molar-refractivity contribution < 1.29 is 71.2 Å². The van der Waals surface area contributed by atoms with Crippen molar-refractivity contribution in [1.29, 1.82) is 0 Å². The summed E-state index contributed by atoms with van der Waals surface area (Å²) in [5.74, 6) is 0.270. The summed E-state index contributed by atoms with van der Waals surface area (Å²) in [6, 6.07) is -0.650. The monoisotopic (exact) mass is 827 g/mol. The topological polar surface area (TPSA) is 224 Å². The van der Waals surface area contributed by atoms with Crippen LogP contribution in [0.2, 0.25) is 0 Å². The van der Waals surface area contributed by atoms with Crippen molar-refractivity contribution in [1.82, 2.24) is 16.0 Å². The lowest BCUT2D eigenvalue weighted by Crippen LogP contribution is -2.47. The first-order valence-electron chi connectivity index (χ1n) is 20.5. The molecule has 1 fully saturated rings. The Hall–Kier alpha value is -2.11. The molecule has 1 unspecified atom stereocenters. The van der Waals surface area contributed by atoms with Gasteiger partial charge in [0.1, 0.15) is 6.04 Å². The Labute approximate surface area is 339 Å². The summed E-state index contributed by atoms with van der Waals surface area (Å²) in [7, 11) is 0. The van der Waals surface area contributed by atoms with E-state index in [1.165, 1.54) is 19.3 Å². The maximum Gasteiger partial charge on any atom is 0.242 e. The first kappa shape index (κ1) is 52.9. The molecule has 0 aliphatic heterocycles. The lowest BCUT2D eigenvalue weighted by Gasteiger charge is -2.13. The fraction of sp³-hybridized carbons (Fsp3) is 0.921. The van der Waals surface area contributed by atoms with Crippen LogP contribution in [0.25, 0.3) is 0 Å². The Morgan fingerprint density at radius 3 is 1.14 bits per heavy atom. The van der Waals surface area contributed by atoms with Gasteiger partial charge in [-0.3, -0.25) is 14.4 Å². The van der Waals surface area contributed by atoms with Crippen molar-refractivity contribution >= 4 is 17.7 Å². The van der Waals surface area contributed by atoms with Crippen molar-refractivity contribution in [3.8, 4) is 0 Å². The van der Waals surface area contributed by atoms with Gasteiger partial charge in [0, 0.05) is 19.5 Å². The van der Waals surface area contributed by atoms with Crippen molar-refractivity contribution in [2.24, 2.45) is 11.7 Å². The van der Waals surface area contributed by atoms with Gasteiger partial charge in [-0.15, -0.1) is 0 Å². The van der Waals surface area contributed by atoms with Gasteiger partial charge in [-0.25, -0.2) is 0 Å². The second kappa shape index (κ2) is 42.0. The molecule has 336 valence electrons. The van der Waals surface area contributed by atoms with E-state index in [-0.39, 0.29) is 24.3 Å². The van der Waals surface area contributed by atoms with Crippen LogP contribution in [0.5, 0.6) is 0 Å². The predicted molar refractivity (Wildman–Crippen MR) is 209 cm³/mol. The Morgan fingerprint density at radius 2 is 0.807 bits per heavy atom. The zero-order valence-electron chi connectivity index (χ0n) is 34.5. The number of nitrogens with one attached hydrogen (secondary N) is 3. The maximum absolute atomic E-state index is 11.8. The molecular weight excluding hydrogens is 752 g/mol. The van der Waals surface area contributed by atoms with E-state index in [4.69, 9.17) is 62.6 Å². The summed E-state index contributed by atoms with van der Waals surface area (Å²) < 4.78 is 65.6. The lowest BCUT2D eigenvalue weighted by atomic mass is 10.2. The molecule has 0 radical (unpaired) electrons. The highest BCUT2D eigenvalue weighted by molar-refractivity contribution is 5.87. The number of hydrogen-bond donors (Lipinski definition) is 4. The minimum Gasteiger partial charge on any atom is -0.379 e. The third-order valence-electron chi connectivity index (χ3n) is 7.88. The molecule has 19 nitrogen and oxygen atoms in total. The second-order valence-electron chi connectivity index (χ2n) is 12.8. The summed E-state index contributed by atoms with van der Waals surface area (Å²) in [4.78, 5) is 34.7. The van der Waals surface area contributed by atoms with Crippen LogP contribution < -0.4 is 21.7 Å². The molecule has 1 aliphatic carbocycles. The summed E-state index contributed by atoms with van der Waals surface area (Å²) in [5.41, 5.74) is 5.21. The molecule has 57 heavy (non-hydrogen) atoms. The second-order valence-corrected chi connectivity index (χ2v) is 12.8. The fourth-order valence-corrected chi connectivity index (χ4v) is 4.56. The van der Waals surface area contributed by atoms with Crippen LogP contribution in [0.1, 0.15) is 39.0 Å². The molecule has 0 saturated heterocycles. The van der Waals surface area contributed by atoms with Crippen LogP contribution in [-0.4, -0.2) is 202 Å². The first-order valence-corrected chi connectivity index (χ1v) is 20.5. The van der Waals surface area contributed by atoms with E-state index >= 15 is 0 Å². The third-order valence-corrected chi connectivity index (χ3v) is 7.88. The van der Waals surface area contributed by atoms with Crippen LogP contribution in [0.15, 0.2) is 0 Å². The molecular formula is C38H74N4O15. The van der Waals surface area contributed by atoms with Crippen LogP contribution in [0.3, 0.4) is 0 Å². The van der Waals surface area contributed by atoms with Gasteiger partial charge in [-0.2, -0.15) is 0 Å². The summed E-state index contributed by atoms with van der Waals surface area (Å²) in [6.45, 7) is 13.5. The van der Waals surface area contributed by atoms with Crippen LogP contribution in [0.4, 0.5) is 0 Å². The minimum absolute atomic E-state index is 0.0461. The Balaban J connectivity index is 1.63. The zero-order chi connectivity index (χ0) is 41.1. The average molecular weight is 827 g/mol. The van der Waals surface area contributed by atoms with Gasteiger partial charge in [-0.1, -0.05) is 12.8 Å². The third kappa shape index (κ3) is 40.5. The summed E-state index contributed by atoms with van der Waals surface area (Å²) in [6.07, 6.45) is 5.39. The minimum atomic E-state index is -0.650. The summed E-state index contributed by atoms with van der Waals surface area (Å²) >= 11 is 0. The maximum atomic E-state index is 11.8. The van der Waals surface area contributed by atoms with Crippen molar-refractivity contribution in [3.63, 3.8) is 0 Å². The molecule has 0 heterocycles. The molecule has 3 amide bonds. The average Bonchev–Trinajstić information content (AvgIpc) is 4.05. The molecule has 19 heteroatoms. The molecule has 0 aromatic heterocycles. The Bertz CT molecular complexity index is 924. The van der Waals surface area contributed by atoms with E-state index in [0.717, 1.165) is 18.9 Å². The molecule has 0 spiro atoms. The first-order chi connectivity index (χ1) is 28.0. The van der Waals surface area contributed by atoms with Crippen LogP contribution >= 0.6 is 0 Å². The Kier molecular flexibility index (Phi) is 39.0. The van der Waals surface area contributed by atoms with Crippen molar-refractivity contribution in [2.45, 2.75) is 45.1 Å². The van der Waals surface area contributed by atoms with Crippen LogP contribution in [0, 0.1) is 5.92 Å². The number of carbonyl (C=O) groups is 3. The SMILES string of the molecule is CC(NC(=O)CN)C(=O)NCCOCCOCCOCCOCCOCCOCCOCCOCCOCCOCCOCCOCCC(=O)NCCCC1CC1. The van der Waals surface area contributed by atoms with E-state index in [9.17, 15) is 14.4 Å². The quantitative estimate of drug-likeness (QED) is 0.0566. The molecule has 0 aromatic rings. The highest BCUT2D eigenvalue weighted by Gasteiger charge is 2.20. The highest BCUT2D eigenvalue weighted by atomic mass is 16.6. The number of amides is 3. The van der Waals surface area contributed by atoms with E-state index < -0.39 is 6.04 Å². The largest absolute Gasteiger partial charge is 0.379 e. The number of nitrogens with two attached hydrogens (primary N) is 1.